The molecule has 34 heavy (non-hydrogen) atoms. The number of aliphatic hydroxyl groups is 1. The van der Waals surface area contributed by atoms with Crippen LogP contribution in [0.25, 0.3) is 0 Å². The highest BCUT2D eigenvalue weighted by molar-refractivity contribution is 5.86. The summed E-state index contributed by atoms with van der Waals surface area (Å²) in [5.74, 6) is -2.18. The Balaban J connectivity index is 1.97. The van der Waals surface area contributed by atoms with Gasteiger partial charge in [0.2, 0.25) is 11.8 Å². The number of nitrogens with zero attached hydrogens (tertiary/aromatic N) is 1. The third-order valence-corrected chi connectivity index (χ3v) is 5.92. The van der Waals surface area contributed by atoms with Crippen LogP contribution in [-0.4, -0.2) is 60.1 Å². The molecule has 0 spiro atoms. The lowest BCUT2D eigenvalue weighted by Crippen LogP contribution is -2.43. The van der Waals surface area contributed by atoms with Gasteiger partial charge in [0.15, 0.2) is 0 Å². The normalized spacial score (nSPS) is 17.0. The van der Waals surface area contributed by atoms with Gasteiger partial charge in [0, 0.05) is 19.5 Å². The van der Waals surface area contributed by atoms with Gasteiger partial charge < -0.3 is 20.1 Å². The third-order valence-electron chi connectivity index (χ3n) is 5.92. The Kier molecular flexibility index (Phi) is 11.5. The number of halogens is 1. The lowest BCUT2D eigenvalue weighted by molar-refractivity contribution is -0.152. The van der Waals surface area contributed by atoms with Crippen molar-refractivity contribution < 1.29 is 28.6 Å². The summed E-state index contributed by atoms with van der Waals surface area (Å²) in [5.41, 5.74) is 0.828. The van der Waals surface area contributed by atoms with Gasteiger partial charge in [-0.2, -0.15) is 0 Å². The number of benzene rings is 1. The van der Waals surface area contributed by atoms with Crippen molar-refractivity contribution >= 4 is 17.8 Å². The number of nitrogens with one attached hydrogen (secondary N) is 1. The molecule has 1 aromatic carbocycles. The highest BCUT2D eigenvalue weighted by Gasteiger charge is 2.34. The largest absolute Gasteiger partial charge is 0.463 e. The molecule has 1 saturated heterocycles. The van der Waals surface area contributed by atoms with Crippen molar-refractivity contribution in [2.75, 3.05) is 26.3 Å². The maximum absolute atomic E-state index is 13.2. The van der Waals surface area contributed by atoms with E-state index >= 15 is 0 Å². The molecule has 0 unspecified atom stereocenters. The summed E-state index contributed by atoms with van der Waals surface area (Å²) in [6.07, 6.45) is 5.96. The van der Waals surface area contributed by atoms with Crippen LogP contribution in [0.1, 0.15) is 37.7 Å². The second kappa shape index (κ2) is 14.3. The summed E-state index contributed by atoms with van der Waals surface area (Å²) in [5, 5.41) is 11.4. The van der Waals surface area contributed by atoms with E-state index in [1.807, 2.05) is 0 Å². The Morgan fingerprint density at radius 1 is 1.18 bits per heavy atom. The summed E-state index contributed by atoms with van der Waals surface area (Å²) in [7, 11) is 0. The molecule has 0 aromatic heterocycles. The van der Waals surface area contributed by atoms with E-state index in [0.29, 0.717) is 32.2 Å². The topological polar surface area (TPSA) is 95.9 Å². The fourth-order valence-corrected chi connectivity index (χ4v) is 4.16. The molecule has 8 heteroatoms. The summed E-state index contributed by atoms with van der Waals surface area (Å²) in [4.78, 5) is 39.7. The minimum absolute atomic E-state index is 0.00688. The molecule has 2 amide bonds. The highest BCUT2D eigenvalue weighted by atomic mass is 19.1. The minimum Gasteiger partial charge on any atom is -0.463 e. The molecule has 0 aliphatic carbocycles. The first-order valence-corrected chi connectivity index (χ1v) is 11.7. The van der Waals surface area contributed by atoms with Crippen LogP contribution in [-0.2, 0) is 25.5 Å². The molecular weight excluding hydrogens is 439 g/mol. The molecule has 0 radical (unpaired) electrons. The van der Waals surface area contributed by atoms with Crippen LogP contribution in [0.4, 0.5) is 4.39 Å². The van der Waals surface area contributed by atoms with Gasteiger partial charge in [0.1, 0.15) is 12.4 Å². The number of hydrogen-bond donors (Lipinski definition) is 2. The Bertz CT molecular complexity index is 842. The fourth-order valence-electron chi connectivity index (χ4n) is 4.16. The number of hydrogen-bond acceptors (Lipinski definition) is 5. The van der Waals surface area contributed by atoms with Gasteiger partial charge in [-0.15, -0.1) is 13.2 Å². The number of esters is 1. The zero-order valence-electron chi connectivity index (χ0n) is 19.6. The van der Waals surface area contributed by atoms with Crippen LogP contribution in [0.15, 0.2) is 49.6 Å². The van der Waals surface area contributed by atoms with E-state index in [4.69, 9.17) is 9.84 Å². The van der Waals surface area contributed by atoms with Gasteiger partial charge in [-0.3, -0.25) is 14.4 Å². The zero-order chi connectivity index (χ0) is 24.9. The summed E-state index contributed by atoms with van der Waals surface area (Å²) >= 11 is 0. The number of allylic oxidation sites excluding steroid dienone is 2. The molecule has 2 N–H and O–H groups in total. The van der Waals surface area contributed by atoms with Crippen molar-refractivity contribution in [2.24, 2.45) is 11.8 Å². The Hall–Kier alpha value is -3.00. The van der Waals surface area contributed by atoms with E-state index in [0.717, 1.165) is 12.0 Å². The van der Waals surface area contributed by atoms with Crippen molar-refractivity contribution in [1.29, 1.82) is 0 Å². The SMILES string of the molecule is C=CC[C@@H](Cc1ccc(F)cc1)C(=O)OC[C@H]1CCCN1C(=O)[C@H](CC=C)CC(=O)NCCO. The van der Waals surface area contributed by atoms with Crippen LogP contribution < -0.4 is 5.32 Å². The van der Waals surface area contributed by atoms with Gasteiger partial charge >= 0.3 is 5.97 Å². The van der Waals surface area contributed by atoms with Crippen molar-refractivity contribution in [3.63, 3.8) is 0 Å². The monoisotopic (exact) mass is 474 g/mol. The summed E-state index contributed by atoms with van der Waals surface area (Å²) < 4.78 is 18.8. The maximum Gasteiger partial charge on any atom is 0.309 e. The standard InChI is InChI=1S/C26H35FN2O5/c1-3-6-20(17-24(31)28-13-15-30)25(32)29-14-5-8-23(29)18-34-26(33)21(7-4-2)16-19-9-11-22(27)12-10-19/h3-4,9-12,20-21,23,30H,1-2,5-8,13-18H2,(H,28,31)/t20-,21+,23-/m1/s1. The molecule has 0 bridgehead atoms. The van der Waals surface area contributed by atoms with Gasteiger partial charge in [0.05, 0.1) is 24.5 Å². The Morgan fingerprint density at radius 2 is 1.85 bits per heavy atom. The number of amides is 2. The van der Waals surface area contributed by atoms with E-state index in [9.17, 15) is 18.8 Å². The van der Waals surface area contributed by atoms with E-state index in [1.54, 1.807) is 29.2 Å². The van der Waals surface area contributed by atoms with E-state index < -0.39 is 11.8 Å². The third kappa shape index (κ3) is 8.41. The molecule has 0 saturated carbocycles. The van der Waals surface area contributed by atoms with Crippen LogP contribution in [0.3, 0.4) is 0 Å². The highest BCUT2D eigenvalue weighted by Crippen LogP contribution is 2.24. The van der Waals surface area contributed by atoms with E-state index in [1.165, 1.54) is 12.1 Å². The number of ether oxygens (including phenoxy) is 1. The Labute approximate surface area is 200 Å². The quantitative estimate of drug-likeness (QED) is 0.319. The molecule has 7 nitrogen and oxygen atoms in total. The molecule has 186 valence electrons. The van der Waals surface area contributed by atoms with Gasteiger partial charge in [-0.25, -0.2) is 4.39 Å². The minimum atomic E-state index is -0.556. The van der Waals surface area contributed by atoms with Crippen LogP contribution in [0.2, 0.25) is 0 Å². The van der Waals surface area contributed by atoms with Crippen molar-refractivity contribution in [1.82, 2.24) is 10.2 Å². The average molecular weight is 475 g/mol. The van der Waals surface area contributed by atoms with E-state index in [2.05, 4.69) is 18.5 Å². The Morgan fingerprint density at radius 3 is 2.50 bits per heavy atom. The van der Waals surface area contributed by atoms with Crippen molar-refractivity contribution in [3.05, 3.63) is 61.0 Å². The van der Waals surface area contributed by atoms with Crippen LogP contribution in [0, 0.1) is 17.7 Å². The molecule has 2 rings (SSSR count). The molecule has 3 atom stereocenters. The van der Waals surface area contributed by atoms with E-state index in [-0.39, 0.29) is 55.8 Å². The lowest BCUT2D eigenvalue weighted by atomic mass is 9.96. The second-order valence-corrected chi connectivity index (χ2v) is 8.51. The number of carbonyl (C=O) groups excluding carboxylic acids is 3. The van der Waals surface area contributed by atoms with Gasteiger partial charge in [0.25, 0.3) is 0 Å². The number of likely N-dealkylation sites (tertiary alicyclic amines) is 1. The predicted octanol–water partition coefficient (Wildman–Crippen LogP) is 2.79. The van der Waals surface area contributed by atoms with Crippen LogP contribution in [0.5, 0.6) is 0 Å². The number of carbonyl (C=O) groups is 3. The summed E-state index contributed by atoms with van der Waals surface area (Å²) in [6.45, 7) is 8.00. The molecule has 1 aliphatic heterocycles. The van der Waals surface area contributed by atoms with Crippen LogP contribution >= 0.6 is 0 Å². The second-order valence-electron chi connectivity index (χ2n) is 8.51. The first-order chi connectivity index (χ1) is 16.4. The average Bonchev–Trinajstić information content (AvgIpc) is 3.30. The smallest absolute Gasteiger partial charge is 0.309 e. The molecule has 1 aromatic rings. The molecular formula is C26H35FN2O5. The van der Waals surface area contributed by atoms with Gasteiger partial charge in [-0.1, -0.05) is 24.3 Å². The molecule has 1 fully saturated rings. The zero-order valence-corrected chi connectivity index (χ0v) is 19.6. The molecule has 1 aliphatic rings. The maximum atomic E-state index is 13.2. The van der Waals surface area contributed by atoms with Crippen molar-refractivity contribution in [3.8, 4) is 0 Å². The lowest BCUT2D eigenvalue weighted by Gasteiger charge is -2.28. The number of aliphatic hydroxyl groups excluding tert-OH is 1. The molecule has 1 heterocycles. The van der Waals surface area contributed by atoms with Gasteiger partial charge in [-0.05, 0) is 49.8 Å². The predicted molar refractivity (Wildman–Crippen MR) is 127 cm³/mol. The van der Waals surface area contributed by atoms with Crippen molar-refractivity contribution in [2.45, 2.75) is 44.6 Å². The first kappa shape index (κ1) is 27.2. The fraction of sp³-hybridized carbons (Fsp3) is 0.500. The first-order valence-electron chi connectivity index (χ1n) is 11.7. The summed E-state index contributed by atoms with van der Waals surface area (Å²) in [6, 6.07) is 5.76. The number of rotatable bonds is 14.